The Balaban J connectivity index is 1.61. The van der Waals surface area contributed by atoms with Crippen LogP contribution in [0.2, 0.25) is 0 Å². The molecular formula is C26H24N4O. The highest BCUT2D eigenvalue weighted by Crippen LogP contribution is 2.24. The molecule has 0 aliphatic rings. The van der Waals surface area contributed by atoms with Crippen molar-refractivity contribution in [3.05, 3.63) is 107 Å². The van der Waals surface area contributed by atoms with E-state index in [1.54, 1.807) is 12.4 Å². The van der Waals surface area contributed by atoms with E-state index in [4.69, 9.17) is 0 Å². The summed E-state index contributed by atoms with van der Waals surface area (Å²) in [6, 6.07) is 17.6. The van der Waals surface area contributed by atoms with Crippen LogP contribution >= 0.6 is 0 Å². The van der Waals surface area contributed by atoms with Crippen LogP contribution in [0.25, 0.3) is 11.3 Å². The summed E-state index contributed by atoms with van der Waals surface area (Å²) in [5.41, 5.74) is 8.55. The van der Waals surface area contributed by atoms with Crippen molar-refractivity contribution < 1.29 is 4.79 Å². The first-order valence-electron chi connectivity index (χ1n) is 10.2. The summed E-state index contributed by atoms with van der Waals surface area (Å²) >= 11 is 0. The maximum atomic E-state index is 12.9. The lowest BCUT2D eigenvalue weighted by molar-refractivity contribution is 0.102. The molecule has 4 aromatic rings. The third kappa shape index (κ3) is 4.83. The number of pyridine rings is 1. The van der Waals surface area contributed by atoms with Gasteiger partial charge in [0, 0.05) is 35.6 Å². The van der Waals surface area contributed by atoms with Crippen LogP contribution in [0.1, 0.15) is 38.3 Å². The van der Waals surface area contributed by atoms with Crippen molar-refractivity contribution in [2.45, 2.75) is 27.2 Å². The Hall–Kier alpha value is -3.86. The van der Waals surface area contributed by atoms with Gasteiger partial charge >= 0.3 is 0 Å². The lowest BCUT2D eigenvalue weighted by atomic mass is 9.97. The number of aromatic nitrogens is 3. The van der Waals surface area contributed by atoms with Gasteiger partial charge in [-0.1, -0.05) is 12.1 Å². The van der Waals surface area contributed by atoms with Crippen LogP contribution in [-0.2, 0) is 6.42 Å². The van der Waals surface area contributed by atoms with Gasteiger partial charge in [0.1, 0.15) is 6.33 Å². The molecule has 0 fully saturated rings. The van der Waals surface area contributed by atoms with E-state index >= 15 is 0 Å². The van der Waals surface area contributed by atoms with E-state index in [0.717, 1.165) is 44.9 Å². The van der Waals surface area contributed by atoms with E-state index < -0.39 is 0 Å². The fraction of sp³-hybridized carbons (Fsp3) is 0.154. The first-order valence-corrected chi connectivity index (χ1v) is 10.2. The Kier molecular flexibility index (Phi) is 5.85. The van der Waals surface area contributed by atoms with Crippen molar-refractivity contribution in [1.82, 2.24) is 15.0 Å². The van der Waals surface area contributed by atoms with Gasteiger partial charge in [0.2, 0.25) is 0 Å². The van der Waals surface area contributed by atoms with E-state index in [1.807, 2.05) is 69.3 Å². The second-order valence-electron chi connectivity index (χ2n) is 7.74. The van der Waals surface area contributed by atoms with E-state index in [-0.39, 0.29) is 5.91 Å². The van der Waals surface area contributed by atoms with E-state index in [9.17, 15) is 4.79 Å². The zero-order chi connectivity index (χ0) is 21.8. The molecule has 31 heavy (non-hydrogen) atoms. The van der Waals surface area contributed by atoms with Crippen molar-refractivity contribution in [3.63, 3.8) is 0 Å². The Morgan fingerprint density at radius 1 is 0.903 bits per heavy atom. The molecule has 0 bridgehead atoms. The first-order chi connectivity index (χ1) is 15.0. The summed E-state index contributed by atoms with van der Waals surface area (Å²) in [6.45, 7) is 6.09. The second-order valence-corrected chi connectivity index (χ2v) is 7.74. The van der Waals surface area contributed by atoms with Crippen LogP contribution in [0.15, 0.2) is 73.3 Å². The average molecular weight is 409 g/mol. The minimum absolute atomic E-state index is 0.122. The number of hydrogen-bond acceptors (Lipinski definition) is 4. The highest BCUT2D eigenvalue weighted by atomic mass is 16.1. The van der Waals surface area contributed by atoms with Gasteiger partial charge in [-0.2, -0.15) is 0 Å². The van der Waals surface area contributed by atoms with Gasteiger partial charge in [-0.25, -0.2) is 9.97 Å². The van der Waals surface area contributed by atoms with Crippen molar-refractivity contribution in [1.29, 1.82) is 0 Å². The number of carbonyl (C=O) groups excluding carboxylic acids is 1. The van der Waals surface area contributed by atoms with Crippen LogP contribution < -0.4 is 5.32 Å². The predicted molar refractivity (Wildman–Crippen MR) is 123 cm³/mol. The normalized spacial score (nSPS) is 10.7. The predicted octanol–water partition coefficient (Wildman–Crippen LogP) is 5.31. The van der Waals surface area contributed by atoms with Crippen LogP contribution in [0.5, 0.6) is 0 Å². The van der Waals surface area contributed by atoms with E-state index in [2.05, 4.69) is 26.3 Å². The Bertz CT molecular complexity index is 1220. The molecule has 5 nitrogen and oxygen atoms in total. The summed E-state index contributed by atoms with van der Waals surface area (Å²) < 4.78 is 0. The van der Waals surface area contributed by atoms with Gasteiger partial charge < -0.3 is 5.32 Å². The molecule has 2 aromatic heterocycles. The van der Waals surface area contributed by atoms with Crippen LogP contribution in [-0.4, -0.2) is 20.9 Å². The zero-order valence-electron chi connectivity index (χ0n) is 17.9. The van der Waals surface area contributed by atoms with Crippen LogP contribution in [0, 0.1) is 20.8 Å². The molecule has 2 heterocycles. The molecule has 2 aromatic carbocycles. The fourth-order valence-electron chi connectivity index (χ4n) is 3.70. The average Bonchev–Trinajstić information content (AvgIpc) is 2.75. The van der Waals surface area contributed by atoms with Crippen molar-refractivity contribution in [2.24, 2.45) is 0 Å². The number of amides is 1. The monoisotopic (exact) mass is 408 g/mol. The molecule has 0 radical (unpaired) electrons. The molecule has 4 rings (SSSR count). The van der Waals surface area contributed by atoms with E-state index in [0.29, 0.717) is 12.0 Å². The smallest absolute Gasteiger partial charge is 0.255 e. The van der Waals surface area contributed by atoms with Crippen molar-refractivity contribution in [2.75, 3.05) is 5.32 Å². The summed E-state index contributed by atoms with van der Waals surface area (Å²) in [7, 11) is 0. The Morgan fingerprint density at radius 3 is 2.45 bits per heavy atom. The van der Waals surface area contributed by atoms with Crippen molar-refractivity contribution in [3.8, 4) is 11.3 Å². The fourth-order valence-corrected chi connectivity index (χ4v) is 3.70. The van der Waals surface area contributed by atoms with Crippen LogP contribution in [0.3, 0.4) is 0 Å². The number of aryl methyl sites for hydroxylation is 3. The Morgan fingerprint density at radius 2 is 1.71 bits per heavy atom. The maximum Gasteiger partial charge on any atom is 0.255 e. The molecule has 1 amide bonds. The molecule has 0 saturated heterocycles. The number of benzene rings is 2. The van der Waals surface area contributed by atoms with Gasteiger partial charge in [0.05, 0.1) is 11.4 Å². The first kappa shape index (κ1) is 20.4. The third-order valence-electron chi connectivity index (χ3n) is 5.20. The summed E-state index contributed by atoms with van der Waals surface area (Å²) in [6.07, 6.45) is 5.65. The molecular weight excluding hydrogens is 384 g/mol. The van der Waals surface area contributed by atoms with E-state index in [1.165, 1.54) is 6.33 Å². The molecule has 0 spiro atoms. The number of anilines is 1. The quantitative estimate of drug-likeness (QED) is 0.486. The molecule has 5 heteroatoms. The minimum atomic E-state index is -0.122. The van der Waals surface area contributed by atoms with Gasteiger partial charge in [-0.15, -0.1) is 0 Å². The second kappa shape index (κ2) is 8.88. The highest BCUT2D eigenvalue weighted by Gasteiger charge is 2.13. The summed E-state index contributed by atoms with van der Waals surface area (Å²) in [5.74, 6) is -0.122. The number of hydrogen-bond donors (Lipinski definition) is 1. The van der Waals surface area contributed by atoms with Gasteiger partial charge in [-0.3, -0.25) is 9.78 Å². The molecule has 154 valence electrons. The topological polar surface area (TPSA) is 67.8 Å². The zero-order valence-corrected chi connectivity index (χ0v) is 17.9. The lowest BCUT2D eigenvalue weighted by Gasteiger charge is -2.12. The van der Waals surface area contributed by atoms with Crippen molar-refractivity contribution >= 4 is 11.6 Å². The highest BCUT2D eigenvalue weighted by molar-refractivity contribution is 6.04. The van der Waals surface area contributed by atoms with Gasteiger partial charge in [0.25, 0.3) is 5.91 Å². The molecule has 1 N–H and O–H groups in total. The minimum Gasteiger partial charge on any atom is -0.322 e. The number of nitrogens with zero attached hydrogens (tertiary/aromatic N) is 3. The lowest BCUT2D eigenvalue weighted by Crippen LogP contribution is -2.13. The third-order valence-corrected chi connectivity index (χ3v) is 5.20. The Labute approximate surface area is 182 Å². The molecule has 0 atom stereocenters. The summed E-state index contributed by atoms with van der Waals surface area (Å²) in [4.78, 5) is 25.9. The molecule has 0 saturated carbocycles. The standard InChI is InChI=1S/C26H24N4O/c1-17-11-18(2)13-22(12-17)30-26(31)20-7-6-19(3)21(14-20)15-25-23(5-4-9-28-25)24-8-10-27-16-29-24/h4-14,16H,15H2,1-3H3,(H,30,31). The van der Waals surface area contributed by atoms with Gasteiger partial charge in [-0.05, 0) is 85.5 Å². The summed E-state index contributed by atoms with van der Waals surface area (Å²) in [5, 5.41) is 3.02. The molecule has 0 aliphatic heterocycles. The van der Waals surface area contributed by atoms with Crippen LogP contribution in [0.4, 0.5) is 5.69 Å². The maximum absolute atomic E-state index is 12.9. The largest absolute Gasteiger partial charge is 0.322 e. The van der Waals surface area contributed by atoms with Gasteiger partial charge in [0.15, 0.2) is 0 Å². The number of carbonyl (C=O) groups is 1. The number of nitrogens with one attached hydrogen (secondary N) is 1. The molecule has 0 unspecified atom stereocenters. The number of rotatable bonds is 5. The SMILES string of the molecule is Cc1cc(C)cc(NC(=O)c2ccc(C)c(Cc3ncccc3-c3ccncn3)c2)c1. The molecule has 0 aliphatic carbocycles.